The SMILES string of the molecule is CS(=O)(=O)CCNC(=O)[C@H]1CCCN1C(=O)C1CCCCC1. The fourth-order valence-electron chi connectivity index (χ4n) is 3.36. The fraction of sp³-hybridized carbons (Fsp3) is 0.867. The molecular formula is C15H26N2O4S. The lowest BCUT2D eigenvalue weighted by Gasteiger charge is -2.30. The van der Waals surface area contributed by atoms with Crippen LogP contribution in [0.3, 0.4) is 0 Å². The summed E-state index contributed by atoms with van der Waals surface area (Å²) in [6.07, 6.45) is 7.89. The number of amides is 2. The molecule has 1 aliphatic heterocycles. The van der Waals surface area contributed by atoms with Gasteiger partial charge in [-0.05, 0) is 25.7 Å². The van der Waals surface area contributed by atoms with E-state index < -0.39 is 15.9 Å². The molecule has 2 fully saturated rings. The van der Waals surface area contributed by atoms with Gasteiger partial charge in [0.25, 0.3) is 0 Å². The number of hydrogen-bond acceptors (Lipinski definition) is 4. The quantitative estimate of drug-likeness (QED) is 0.805. The first-order valence-electron chi connectivity index (χ1n) is 8.14. The molecule has 22 heavy (non-hydrogen) atoms. The second-order valence-electron chi connectivity index (χ2n) is 6.45. The minimum absolute atomic E-state index is 0.0674. The molecule has 1 saturated carbocycles. The highest BCUT2D eigenvalue weighted by atomic mass is 32.2. The average molecular weight is 330 g/mol. The van der Waals surface area contributed by atoms with E-state index in [0.717, 1.165) is 38.4 Å². The smallest absolute Gasteiger partial charge is 0.242 e. The fourth-order valence-corrected chi connectivity index (χ4v) is 3.84. The lowest BCUT2D eigenvalue weighted by atomic mass is 9.88. The first-order chi connectivity index (χ1) is 10.4. The standard InChI is InChI=1S/C15H26N2O4S/c1-22(20,21)11-9-16-14(18)13-8-5-10-17(13)15(19)12-6-3-2-4-7-12/h12-13H,2-11H2,1H3,(H,16,18)/t13-/m1/s1. The van der Waals surface area contributed by atoms with Gasteiger partial charge in [-0.25, -0.2) is 8.42 Å². The monoisotopic (exact) mass is 330 g/mol. The summed E-state index contributed by atoms with van der Waals surface area (Å²) in [5.41, 5.74) is 0. The minimum Gasteiger partial charge on any atom is -0.353 e. The lowest BCUT2D eigenvalue weighted by molar-refractivity contribution is -0.142. The van der Waals surface area contributed by atoms with Crippen molar-refractivity contribution in [3.8, 4) is 0 Å². The molecule has 0 bridgehead atoms. The van der Waals surface area contributed by atoms with E-state index in [0.29, 0.717) is 13.0 Å². The van der Waals surface area contributed by atoms with Crippen LogP contribution in [0.2, 0.25) is 0 Å². The molecular weight excluding hydrogens is 304 g/mol. The number of sulfone groups is 1. The molecule has 1 saturated heterocycles. The van der Waals surface area contributed by atoms with Gasteiger partial charge in [-0.1, -0.05) is 19.3 Å². The lowest BCUT2D eigenvalue weighted by Crippen LogP contribution is -2.48. The van der Waals surface area contributed by atoms with E-state index in [4.69, 9.17) is 0 Å². The highest BCUT2D eigenvalue weighted by Gasteiger charge is 2.37. The zero-order valence-corrected chi connectivity index (χ0v) is 14.0. The van der Waals surface area contributed by atoms with Gasteiger partial charge in [0.15, 0.2) is 0 Å². The van der Waals surface area contributed by atoms with Crippen molar-refractivity contribution >= 4 is 21.7 Å². The number of nitrogens with zero attached hydrogens (tertiary/aromatic N) is 1. The Kier molecular flexibility index (Phi) is 5.83. The van der Waals surface area contributed by atoms with Gasteiger partial charge in [0.2, 0.25) is 11.8 Å². The van der Waals surface area contributed by atoms with Crippen molar-refractivity contribution < 1.29 is 18.0 Å². The molecule has 2 amide bonds. The Morgan fingerprint density at radius 3 is 2.41 bits per heavy atom. The van der Waals surface area contributed by atoms with Crippen molar-refractivity contribution in [1.29, 1.82) is 0 Å². The summed E-state index contributed by atoms with van der Waals surface area (Å²) >= 11 is 0. The zero-order chi connectivity index (χ0) is 16.2. The first-order valence-corrected chi connectivity index (χ1v) is 10.2. The van der Waals surface area contributed by atoms with E-state index in [1.807, 2.05) is 0 Å². The summed E-state index contributed by atoms with van der Waals surface area (Å²) in [5, 5.41) is 2.66. The maximum atomic E-state index is 12.6. The predicted octanol–water partition coefficient (Wildman–Crippen LogP) is 0.718. The molecule has 2 rings (SSSR count). The van der Waals surface area contributed by atoms with E-state index in [1.54, 1.807) is 4.90 Å². The van der Waals surface area contributed by atoms with Gasteiger partial charge in [-0.15, -0.1) is 0 Å². The Balaban J connectivity index is 1.89. The van der Waals surface area contributed by atoms with Gasteiger partial charge in [-0.3, -0.25) is 9.59 Å². The molecule has 0 unspecified atom stereocenters. The van der Waals surface area contributed by atoms with Gasteiger partial charge >= 0.3 is 0 Å². The summed E-state index contributed by atoms with van der Waals surface area (Å²) in [6, 6.07) is -0.422. The molecule has 0 aromatic rings. The van der Waals surface area contributed by atoms with Gasteiger partial charge in [-0.2, -0.15) is 0 Å². The van der Waals surface area contributed by atoms with Crippen molar-refractivity contribution in [2.75, 3.05) is 25.1 Å². The Bertz CT molecular complexity index is 512. The number of likely N-dealkylation sites (tertiary alicyclic amines) is 1. The topological polar surface area (TPSA) is 83.6 Å². The molecule has 0 spiro atoms. The number of nitrogens with one attached hydrogen (secondary N) is 1. The largest absolute Gasteiger partial charge is 0.353 e. The van der Waals surface area contributed by atoms with Gasteiger partial charge < -0.3 is 10.2 Å². The highest BCUT2D eigenvalue weighted by molar-refractivity contribution is 7.90. The maximum Gasteiger partial charge on any atom is 0.242 e. The van der Waals surface area contributed by atoms with Crippen molar-refractivity contribution in [2.24, 2.45) is 5.92 Å². The van der Waals surface area contributed by atoms with Crippen molar-refractivity contribution in [2.45, 2.75) is 51.0 Å². The van der Waals surface area contributed by atoms with Crippen LogP contribution in [0.4, 0.5) is 0 Å². The third kappa shape index (κ3) is 4.69. The molecule has 0 aromatic carbocycles. The van der Waals surface area contributed by atoms with Crippen LogP contribution in [0.5, 0.6) is 0 Å². The van der Waals surface area contributed by atoms with Crippen LogP contribution in [-0.4, -0.2) is 56.3 Å². The number of carbonyl (C=O) groups is 2. The van der Waals surface area contributed by atoms with Crippen LogP contribution in [0.25, 0.3) is 0 Å². The Morgan fingerprint density at radius 1 is 1.09 bits per heavy atom. The van der Waals surface area contributed by atoms with E-state index in [2.05, 4.69) is 5.32 Å². The van der Waals surface area contributed by atoms with Crippen LogP contribution >= 0.6 is 0 Å². The van der Waals surface area contributed by atoms with Crippen molar-refractivity contribution in [3.05, 3.63) is 0 Å². The second-order valence-corrected chi connectivity index (χ2v) is 8.71. The third-order valence-electron chi connectivity index (χ3n) is 4.57. The van der Waals surface area contributed by atoms with E-state index in [9.17, 15) is 18.0 Å². The van der Waals surface area contributed by atoms with Crippen molar-refractivity contribution in [3.63, 3.8) is 0 Å². The second kappa shape index (κ2) is 7.44. The predicted molar refractivity (Wildman–Crippen MR) is 84.0 cm³/mol. The first kappa shape index (κ1) is 17.2. The highest BCUT2D eigenvalue weighted by Crippen LogP contribution is 2.28. The molecule has 1 atom stereocenters. The van der Waals surface area contributed by atoms with Gasteiger partial charge in [0.05, 0.1) is 5.75 Å². The molecule has 1 heterocycles. The van der Waals surface area contributed by atoms with Crippen LogP contribution < -0.4 is 5.32 Å². The maximum absolute atomic E-state index is 12.6. The number of rotatable bonds is 5. The minimum atomic E-state index is -3.09. The molecule has 6 nitrogen and oxygen atoms in total. The molecule has 1 N–H and O–H groups in total. The molecule has 0 aromatic heterocycles. The van der Waals surface area contributed by atoms with Gasteiger partial charge in [0, 0.05) is 25.3 Å². The van der Waals surface area contributed by atoms with E-state index in [1.165, 1.54) is 6.42 Å². The van der Waals surface area contributed by atoms with Gasteiger partial charge in [0.1, 0.15) is 15.9 Å². The van der Waals surface area contributed by atoms with Crippen LogP contribution in [-0.2, 0) is 19.4 Å². The van der Waals surface area contributed by atoms with E-state index >= 15 is 0 Å². The summed E-state index contributed by atoms with van der Waals surface area (Å²) in [4.78, 5) is 26.5. The Hall–Kier alpha value is -1.11. The molecule has 0 radical (unpaired) electrons. The Morgan fingerprint density at radius 2 is 1.77 bits per heavy atom. The average Bonchev–Trinajstić information content (AvgIpc) is 2.95. The zero-order valence-electron chi connectivity index (χ0n) is 13.2. The molecule has 1 aliphatic carbocycles. The third-order valence-corrected chi connectivity index (χ3v) is 5.51. The van der Waals surface area contributed by atoms with E-state index in [-0.39, 0.29) is 30.0 Å². The Labute approximate surface area is 132 Å². The molecule has 126 valence electrons. The van der Waals surface area contributed by atoms with Crippen LogP contribution in [0, 0.1) is 5.92 Å². The number of hydrogen-bond donors (Lipinski definition) is 1. The summed E-state index contributed by atoms with van der Waals surface area (Å²) in [5.74, 6) is -0.105. The van der Waals surface area contributed by atoms with Crippen molar-refractivity contribution in [1.82, 2.24) is 10.2 Å². The summed E-state index contributed by atoms with van der Waals surface area (Å²) in [7, 11) is -3.09. The number of carbonyl (C=O) groups excluding carboxylic acids is 2. The molecule has 7 heteroatoms. The van der Waals surface area contributed by atoms with Crippen LogP contribution in [0.15, 0.2) is 0 Å². The van der Waals surface area contributed by atoms with Crippen LogP contribution in [0.1, 0.15) is 44.9 Å². The summed E-state index contributed by atoms with van der Waals surface area (Å²) in [6.45, 7) is 0.749. The molecule has 2 aliphatic rings. The normalized spacial score (nSPS) is 23.5. The summed E-state index contributed by atoms with van der Waals surface area (Å²) < 4.78 is 22.2.